The fourth-order valence-electron chi connectivity index (χ4n) is 1.83. The molecule has 0 amide bonds. The molecule has 1 N–H and O–H groups in total. The van der Waals surface area contributed by atoms with Crippen molar-refractivity contribution in [2.24, 2.45) is 0 Å². The van der Waals surface area contributed by atoms with Crippen molar-refractivity contribution >= 4 is 0 Å². The number of hydrogen-bond acceptors (Lipinski definition) is 5. The zero-order chi connectivity index (χ0) is 14.0. The number of para-hydroxylation sites is 1. The van der Waals surface area contributed by atoms with Crippen LogP contribution in [0, 0.1) is 0 Å². The van der Waals surface area contributed by atoms with E-state index in [9.17, 15) is 0 Å². The number of nitrogens with one attached hydrogen (secondary N) is 1. The molecule has 0 radical (unpaired) electrons. The van der Waals surface area contributed by atoms with Crippen LogP contribution in [-0.2, 0) is 11.3 Å². The van der Waals surface area contributed by atoms with Gasteiger partial charge < -0.3 is 10.1 Å². The average Bonchev–Trinajstić information content (AvgIpc) is 2.96. The molecule has 6 nitrogen and oxygen atoms in total. The maximum atomic E-state index is 5.43. The Kier molecular flexibility index (Phi) is 6.13. The minimum atomic E-state index is 0.648. The number of tetrazole rings is 1. The maximum absolute atomic E-state index is 5.43. The summed E-state index contributed by atoms with van der Waals surface area (Å²) in [5.74, 6) is 0.811. The minimum Gasteiger partial charge on any atom is -0.381 e. The number of nitrogens with zero attached hydrogens (tertiary/aromatic N) is 4. The molecule has 6 heteroatoms. The topological polar surface area (TPSA) is 64.9 Å². The van der Waals surface area contributed by atoms with Gasteiger partial charge in [0, 0.05) is 13.2 Å². The van der Waals surface area contributed by atoms with E-state index < -0.39 is 0 Å². The Hall–Kier alpha value is -1.79. The van der Waals surface area contributed by atoms with Crippen molar-refractivity contribution in [1.82, 2.24) is 25.5 Å². The Morgan fingerprint density at radius 2 is 2.05 bits per heavy atom. The van der Waals surface area contributed by atoms with Crippen molar-refractivity contribution in [2.75, 3.05) is 19.8 Å². The highest BCUT2D eigenvalue weighted by atomic mass is 16.5. The van der Waals surface area contributed by atoms with E-state index in [0.717, 1.165) is 44.1 Å². The summed E-state index contributed by atoms with van der Waals surface area (Å²) in [6.07, 6.45) is 2.06. The number of aromatic nitrogens is 4. The Labute approximate surface area is 119 Å². The second-order valence-electron chi connectivity index (χ2n) is 4.49. The summed E-state index contributed by atoms with van der Waals surface area (Å²) in [7, 11) is 0. The Balaban J connectivity index is 1.76. The summed E-state index contributed by atoms with van der Waals surface area (Å²) in [6, 6.07) is 9.89. The zero-order valence-corrected chi connectivity index (χ0v) is 11.8. The van der Waals surface area contributed by atoms with Crippen LogP contribution in [0.2, 0.25) is 0 Å². The fourth-order valence-corrected chi connectivity index (χ4v) is 1.83. The lowest BCUT2D eigenvalue weighted by molar-refractivity contribution is 0.132. The number of ether oxygens (including phenoxy) is 1. The van der Waals surface area contributed by atoms with Gasteiger partial charge in [0.25, 0.3) is 0 Å². The summed E-state index contributed by atoms with van der Waals surface area (Å²) in [5.41, 5.74) is 0.973. The van der Waals surface area contributed by atoms with Crippen molar-refractivity contribution in [3.05, 3.63) is 36.2 Å². The minimum absolute atomic E-state index is 0.648. The number of hydrogen-bond donors (Lipinski definition) is 1. The molecule has 0 aliphatic carbocycles. The van der Waals surface area contributed by atoms with Gasteiger partial charge in [0.1, 0.15) is 0 Å². The molecule has 0 aliphatic rings. The highest BCUT2D eigenvalue weighted by Crippen LogP contribution is 2.06. The largest absolute Gasteiger partial charge is 0.381 e. The van der Waals surface area contributed by atoms with Gasteiger partial charge in [-0.05, 0) is 41.9 Å². The van der Waals surface area contributed by atoms with Gasteiger partial charge in [-0.3, -0.25) is 0 Å². The van der Waals surface area contributed by atoms with Crippen molar-refractivity contribution in [1.29, 1.82) is 0 Å². The smallest absolute Gasteiger partial charge is 0.170 e. The summed E-state index contributed by atoms with van der Waals surface area (Å²) in [5, 5.41) is 15.1. The van der Waals surface area contributed by atoms with Crippen LogP contribution in [0.25, 0.3) is 5.69 Å². The van der Waals surface area contributed by atoms with Crippen LogP contribution in [0.4, 0.5) is 0 Å². The third-order valence-corrected chi connectivity index (χ3v) is 2.81. The van der Waals surface area contributed by atoms with Crippen LogP contribution in [0.3, 0.4) is 0 Å². The van der Waals surface area contributed by atoms with E-state index in [0.29, 0.717) is 6.54 Å². The molecule has 1 heterocycles. The second kappa shape index (κ2) is 8.39. The molecule has 0 saturated carbocycles. The molecule has 0 fully saturated rings. The second-order valence-corrected chi connectivity index (χ2v) is 4.49. The lowest BCUT2D eigenvalue weighted by Gasteiger charge is -2.06. The van der Waals surface area contributed by atoms with Crippen LogP contribution in [-0.4, -0.2) is 40.0 Å². The molecule has 0 saturated heterocycles. The quantitative estimate of drug-likeness (QED) is 0.704. The third kappa shape index (κ3) is 4.40. The fraction of sp³-hybridized carbons (Fsp3) is 0.500. The molecular formula is C14H21N5O. The first-order valence-electron chi connectivity index (χ1n) is 7.03. The van der Waals surface area contributed by atoms with Gasteiger partial charge in [-0.1, -0.05) is 25.1 Å². The van der Waals surface area contributed by atoms with E-state index in [1.807, 2.05) is 30.3 Å². The Bertz CT molecular complexity index is 485. The van der Waals surface area contributed by atoms with Gasteiger partial charge in [0.05, 0.1) is 12.2 Å². The van der Waals surface area contributed by atoms with E-state index in [1.165, 1.54) is 0 Å². The standard InChI is InChI=1S/C14H21N5O/c1-2-10-20-11-6-9-15-12-14-16-17-18-19(14)13-7-4-3-5-8-13/h3-5,7-8,15H,2,6,9-12H2,1H3. The molecule has 0 atom stereocenters. The average molecular weight is 275 g/mol. The normalized spacial score (nSPS) is 10.8. The molecule has 0 bridgehead atoms. The summed E-state index contributed by atoms with van der Waals surface area (Å²) >= 11 is 0. The van der Waals surface area contributed by atoms with Gasteiger partial charge in [0.2, 0.25) is 0 Å². The van der Waals surface area contributed by atoms with Crippen LogP contribution in [0.15, 0.2) is 30.3 Å². The van der Waals surface area contributed by atoms with E-state index >= 15 is 0 Å². The molecule has 108 valence electrons. The van der Waals surface area contributed by atoms with Crippen molar-refractivity contribution in [2.45, 2.75) is 26.3 Å². The monoisotopic (exact) mass is 275 g/mol. The van der Waals surface area contributed by atoms with Crippen LogP contribution in [0.1, 0.15) is 25.6 Å². The SMILES string of the molecule is CCCOCCCNCc1nnnn1-c1ccccc1. The van der Waals surface area contributed by atoms with Gasteiger partial charge in [0.15, 0.2) is 5.82 Å². The van der Waals surface area contributed by atoms with Gasteiger partial charge in [-0.2, -0.15) is 4.68 Å². The third-order valence-electron chi connectivity index (χ3n) is 2.81. The van der Waals surface area contributed by atoms with Gasteiger partial charge >= 0.3 is 0 Å². The van der Waals surface area contributed by atoms with E-state index in [2.05, 4.69) is 27.8 Å². The predicted octanol–water partition coefficient (Wildman–Crippen LogP) is 1.57. The number of benzene rings is 1. The first-order valence-corrected chi connectivity index (χ1v) is 7.03. The molecule has 0 aliphatic heterocycles. The summed E-state index contributed by atoms with van der Waals surface area (Å²) in [6.45, 7) is 5.29. The number of rotatable bonds is 9. The predicted molar refractivity (Wildman–Crippen MR) is 76.6 cm³/mol. The molecule has 2 aromatic rings. The lowest BCUT2D eigenvalue weighted by atomic mass is 10.3. The maximum Gasteiger partial charge on any atom is 0.170 e. The molecular weight excluding hydrogens is 254 g/mol. The summed E-state index contributed by atoms with van der Waals surface area (Å²) < 4.78 is 7.18. The summed E-state index contributed by atoms with van der Waals surface area (Å²) in [4.78, 5) is 0. The van der Waals surface area contributed by atoms with Crippen molar-refractivity contribution in [3.63, 3.8) is 0 Å². The van der Waals surface area contributed by atoms with Crippen LogP contribution < -0.4 is 5.32 Å². The molecule has 1 aromatic heterocycles. The molecule has 0 spiro atoms. The highest BCUT2D eigenvalue weighted by Gasteiger charge is 2.06. The van der Waals surface area contributed by atoms with Crippen molar-refractivity contribution in [3.8, 4) is 5.69 Å². The van der Waals surface area contributed by atoms with Crippen LogP contribution >= 0.6 is 0 Å². The highest BCUT2D eigenvalue weighted by molar-refractivity contribution is 5.30. The molecule has 2 rings (SSSR count). The van der Waals surface area contributed by atoms with E-state index in [-0.39, 0.29) is 0 Å². The molecule has 1 aromatic carbocycles. The van der Waals surface area contributed by atoms with Crippen molar-refractivity contribution < 1.29 is 4.74 Å². The van der Waals surface area contributed by atoms with E-state index in [4.69, 9.17) is 4.74 Å². The molecule has 20 heavy (non-hydrogen) atoms. The van der Waals surface area contributed by atoms with Crippen LogP contribution in [0.5, 0.6) is 0 Å². The van der Waals surface area contributed by atoms with E-state index in [1.54, 1.807) is 4.68 Å². The molecule has 0 unspecified atom stereocenters. The Morgan fingerprint density at radius 1 is 1.20 bits per heavy atom. The Morgan fingerprint density at radius 3 is 2.85 bits per heavy atom. The first-order chi connectivity index (χ1) is 9.92. The first kappa shape index (κ1) is 14.6. The van der Waals surface area contributed by atoms with Gasteiger partial charge in [-0.15, -0.1) is 5.10 Å². The zero-order valence-electron chi connectivity index (χ0n) is 11.8. The van der Waals surface area contributed by atoms with Gasteiger partial charge in [-0.25, -0.2) is 0 Å². The lowest BCUT2D eigenvalue weighted by Crippen LogP contribution is -2.19.